The number of hydrogen-bond acceptors (Lipinski definition) is 0. The molecule has 0 N–H and O–H groups in total. The Morgan fingerprint density at radius 3 is 0.526 bits per heavy atom. The van der Waals surface area contributed by atoms with Gasteiger partial charge in [0.1, 0.15) is 0 Å². The molecular formula is C48H64CrFeN3P4+3. The van der Waals surface area contributed by atoms with Crippen molar-refractivity contribution in [3.8, 4) is 0 Å². The Bertz CT molecular complexity index is 1480. The molecule has 6 aromatic carbocycles. The summed E-state index contributed by atoms with van der Waals surface area (Å²) in [6, 6.07) is 64.9. The first-order valence-corrected chi connectivity index (χ1v) is 26.7. The molecule has 0 aliphatic heterocycles. The summed E-state index contributed by atoms with van der Waals surface area (Å²) in [6.07, 6.45) is 0. The molecule has 0 heterocycles. The van der Waals surface area contributed by atoms with Crippen molar-refractivity contribution in [1.29, 1.82) is 0 Å². The number of benzene rings is 6. The molecule has 0 radical (unpaired) electrons. The third-order valence-electron chi connectivity index (χ3n) is 7.45. The molecule has 302 valence electrons. The summed E-state index contributed by atoms with van der Waals surface area (Å²) >= 11 is 0. The van der Waals surface area contributed by atoms with E-state index in [2.05, 4.69) is 244 Å². The molecule has 57 heavy (non-hydrogen) atoms. The third-order valence-corrected chi connectivity index (χ3v) is 15.1. The van der Waals surface area contributed by atoms with Gasteiger partial charge in [-0.25, -0.2) is 0 Å². The predicted octanol–water partition coefficient (Wildman–Crippen LogP) is 11.7. The molecule has 0 fully saturated rings. The Hall–Kier alpha value is -2.03. The van der Waals surface area contributed by atoms with Crippen LogP contribution in [0, 0.1) is 0 Å². The van der Waals surface area contributed by atoms with Gasteiger partial charge >= 0.3 is 17.4 Å². The molecule has 0 amide bonds. The molecule has 6 rings (SSSR count). The molecule has 0 aliphatic rings. The molecule has 6 aromatic rings. The quantitative estimate of drug-likeness (QED) is 0.0867. The van der Waals surface area contributed by atoms with Crippen LogP contribution in [0.4, 0.5) is 0 Å². The van der Waals surface area contributed by atoms with Gasteiger partial charge in [0.25, 0.3) is 0 Å². The van der Waals surface area contributed by atoms with E-state index in [1.54, 1.807) is 0 Å². The molecular weight excluding hydrogens is 850 g/mol. The zero-order chi connectivity index (χ0) is 39.8. The number of rotatable bonds is 12. The van der Waals surface area contributed by atoms with E-state index in [1.807, 2.05) is 0 Å². The molecule has 9 heteroatoms. The molecule has 0 saturated carbocycles. The van der Waals surface area contributed by atoms with Crippen LogP contribution in [0.5, 0.6) is 0 Å². The van der Waals surface area contributed by atoms with E-state index >= 15 is 0 Å². The van der Waals surface area contributed by atoms with Crippen LogP contribution in [0.25, 0.3) is 15.3 Å². The van der Waals surface area contributed by atoms with Crippen LogP contribution in [0.3, 0.4) is 0 Å². The van der Waals surface area contributed by atoms with Gasteiger partial charge in [-0.15, -0.1) is 18.1 Å². The predicted molar refractivity (Wildman–Crippen MR) is 263 cm³/mol. The fraction of sp³-hybridized carbons (Fsp3) is 0.250. The van der Waals surface area contributed by atoms with Crippen molar-refractivity contribution in [2.75, 3.05) is 20.0 Å². The number of nitrogens with zero attached hydrogens (tertiary/aromatic N) is 3. The van der Waals surface area contributed by atoms with E-state index in [9.17, 15) is 0 Å². The maximum atomic E-state index is 4.92. The van der Waals surface area contributed by atoms with Crippen molar-refractivity contribution >= 4 is 64.0 Å². The van der Waals surface area contributed by atoms with Crippen molar-refractivity contribution < 1.29 is 34.4 Å². The fourth-order valence-electron chi connectivity index (χ4n) is 5.30. The van der Waals surface area contributed by atoms with Crippen LogP contribution in [0.1, 0.15) is 41.5 Å². The number of hydrogen-bond donors (Lipinski definition) is 0. The molecule has 0 unspecified atom stereocenters. The van der Waals surface area contributed by atoms with Gasteiger partial charge in [0, 0.05) is 37.1 Å². The van der Waals surface area contributed by atoms with Crippen LogP contribution >= 0.6 is 32.1 Å². The molecule has 0 aromatic heterocycles. The minimum absolute atomic E-state index is 0. The standard InChI is InChI=1S/3C15H18NP.C3H9P.Cr.Fe/c3*1-13(2)16-17(14-9-5-3-6-10-14)15-11-7-4-8-12-15;1-4(2)3;;/h3*3-13,17H,1-2H3;1-3H3;;/q;;;;+2;/p+1. The van der Waals surface area contributed by atoms with E-state index in [0.29, 0.717) is 18.1 Å². The summed E-state index contributed by atoms with van der Waals surface area (Å²) in [7, 11) is -2.80. The summed E-state index contributed by atoms with van der Waals surface area (Å²) in [4.78, 5) is 0. The second kappa shape index (κ2) is 30.9. The van der Waals surface area contributed by atoms with Crippen molar-refractivity contribution in [1.82, 2.24) is 0 Å². The van der Waals surface area contributed by atoms with Crippen LogP contribution < -0.4 is 31.8 Å². The minimum Gasteiger partial charge on any atom is -0.481 e. The zero-order valence-corrected chi connectivity index (χ0v) is 41.5. The summed E-state index contributed by atoms with van der Waals surface area (Å²) in [5.74, 6) is 0. The van der Waals surface area contributed by atoms with Gasteiger partial charge in [0.2, 0.25) is 0 Å². The largest absolute Gasteiger partial charge is 2.00 e. The van der Waals surface area contributed by atoms with Gasteiger partial charge in [-0.2, -0.15) is 0 Å². The summed E-state index contributed by atoms with van der Waals surface area (Å²) in [5.41, 5.74) is 0. The monoisotopic (exact) mass is 914 g/mol. The topological polar surface area (TPSA) is 42.3 Å². The summed E-state index contributed by atoms with van der Waals surface area (Å²) in [6.45, 7) is 19.7. The van der Waals surface area contributed by atoms with Gasteiger partial charge in [-0.3, -0.25) is 0 Å². The molecule has 0 atom stereocenters. The molecule has 0 saturated heterocycles. The summed E-state index contributed by atoms with van der Waals surface area (Å²) < 4.78 is 0. The van der Waals surface area contributed by atoms with Crippen molar-refractivity contribution in [3.63, 3.8) is 0 Å². The fourth-order valence-corrected chi connectivity index (χ4v) is 11.8. The first kappa shape index (κ1) is 53.0. The van der Waals surface area contributed by atoms with Crippen LogP contribution in [-0.4, -0.2) is 38.1 Å². The first-order valence-electron chi connectivity index (χ1n) is 19.4. The Balaban J connectivity index is 0.000000401. The van der Waals surface area contributed by atoms with Gasteiger partial charge in [0.05, 0.1) is 31.8 Å². The Morgan fingerprint density at radius 1 is 0.298 bits per heavy atom. The normalized spacial score (nSPS) is 10.5. The van der Waals surface area contributed by atoms with Gasteiger partial charge < -0.3 is 15.3 Å². The minimum atomic E-state index is -0.974. The Morgan fingerprint density at radius 2 is 0.421 bits per heavy atom. The smallest absolute Gasteiger partial charge is 0.481 e. The second-order valence-corrected chi connectivity index (χ2v) is 23.7. The van der Waals surface area contributed by atoms with Crippen LogP contribution in [-0.2, 0) is 34.4 Å². The average Bonchev–Trinajstić information content (AvgIpc) is 3.20. The maximum Gasteiger partial charge on any atom is 2.00 e. The van der Waals surface area contributed by atoms with Gasteiger partial charge in [-0.1, -0.05) is 151 Å². The van der Waals surface area contributed by atoms with Crippen molar-refractivity contribution in [2.24, 2.45) is 0 Å². The third kappa shape index (κ3) is 21.7. The first-order chi connectivity index (χ1) is 26.5. The molecule has 0 bridgehead atoms. The molecule has 0 aliphatic carbocycles. The molecule has 0 spiro atoms. The van der Waals surface area contributed by atoms with Crippen LogP contribution in [0.2, 0.25) is 0 Å². The van der Waals surface area contributed by atoms with E-state index in [1.165, 1.54) is 31.8 Å². The summed E-state index contributed by atoms with van der Waals surface area (Å²) in [5, 5.41) is 22.9. The van der Waals surface area contributed by atoms with Gasteiger partial charge in [0.15, 0.2) is 0 Å². The van der Waals surface area contributed by atoms with Gasteiger partial charge in [-0.05, 0) is 105 Å². The zero-order valence-electron chi connectivity index (χ0n) is 35.2. The Kier molecular flexibility index (Phi) is 28.8. The Labute approximate surface area is 372 Å². The van der Waals surface area contributed by atoms with E-state index in [-0.39, 0.29) is 42.4 Å². The molecule has 3 nitrogen and oxygen atoms in total. The second-order valence-electron chi connectivity index (χ2n) is 14.4. The van der Waals surface area contributed by atoms with Crippen molar-refractivity contribution in [3.05, 3.63) is 197 Å². The SMILES string of the molecule is CC(C)[N-][PH+](c1ccccc1)c1ccccc1.CC(C)[N-][PH+](c1ccccc1)c1ccccc1.CC(C)[N-][PH+](c1ccccc1)c1ccccc1.C[PH+](C)C.[Cr+2].[Fe]. The maximum absolute atomic E-state index is 4.92. The van der Waals surface area contributed by atoms with Crippen LogP contribution in [0.15, 0.2) is 182 Å². The van der Waals surface area contributed by atoms with Crippen molar-refractivity contribution in [2.45, 2.75) is 59.7 Å². The van der Waals surface area contributed by atoms with E-state index < -0.39 is 24.2 Å². The average molecular weight is 915 g/mol. The van der Waals surface area contributed by atoms with E-state index in [0.717, 1.165) is 0 Å². The van der Waals surface area contributed by atoms with E-state index in [4.69, 9.17) is 15.3 Å².